The van der Waals surface area contributed by atoms with Crippen molar-refractivity contribution < 1.29 is 27.9 Å². The molecule has 1 heterocycles. The summed E-state index contributed by atoms with van der Waals surface area (Å²) >= 11 is 0. The van der Waals surface area contributed by atoms with Gasteiger partial charge in [0, 0.05) is 37.5 Å². The highest BCUT2D eigenvalue weighted by atomic mass is 19.4. The number of fused-ring (bicyclic) bond motifs is 1. The topological polar surface area (TPSA) is 166 Å². The van der Waals surface area contributed by atoms with E-state index >= 15 is 0 Å². The number of non-ortho nitro benzene ring substituents is 1. The third-order valence-corrected chi connectivity index (χ3v) is 4.50. The molecule has 0 aliphatic rings. The number of benzene rings is 2. The summed E-state index contributed by atoms with van der Waals surface area (Å²) in [6.45, 7) is -0.169. The molecule has 0 aliphatic carbocycles. The number of rotatable bonds is 8. The lowest BCUT2D eigenvalue weighted by Crippen LogP contribution is -2.16. The van der Waals surface area contributed by atoms with Crippen molar-refractivity contribution in [2.75, 3.05) is 23.7 Å². The highest BCUT2D eigenvalue weighted by molar-refractivity contribution is 5.96. The summed E-state index contributed by atoms with van der Waals surface area (Å²) in [5, 5.41) is 39.3. The maximum atomic E-state index is 13.0. The molecule has 0 saturated heterocycles. The fourth-order valence-corrected chi connectivity index (χ4v) is 3.09. The van der Waals surface area contributed by atoms with E-state index in [0.717, 1.165) is 0 Å². The molecule has 0 spiro atoms. The third-order valence-electron chi connectivity index (χ3n) is 4.50. The van der Waals surface area contributed by atoms with Gasteiger partial charge in [-0.2, -0.15) is 13.2 Å². The van der Waals surface area contributed by atoms with Gasteiger partial charge in [-0.25, -0.2) is 0 Å². The van der Waals surface area contributed by atoms with Crippen LogP contribution >= 0.6 is 0 Å². The number of nitrogens with one attached hydrogen (secondary N) is 2. The van der Waals surface area contributed by atoms with Crippen molar-refractivity contribution in [3.8, 4) is 0 Å². The predicted molar refractivity (Wildman–Crippen MR) is 110 cm³/mol. The molecule has 15 heteroatoms. The maximum Gasteiger partial charge on any atom is 0.416 e. The molecule has 1 aromatic heterocycles. The zero-order valence-electron chi connectivity index (χ0n) is 16.3. The van der Waals surface area contributed by atoms with Gasteiger partial charge >= 0.3 is 6.18 Å². The first-order valence-corrected chi connectivity index (χ1v) is 9.04. The van der Waals surface area contributed by atoms with Crippen molar-refractivity contribution in [3.05, 3.63) is 78.5 Å². The summed E-state index contributed by atoms with van der Waals surface area (Å²) in [6.07, 6.45) is -3.59. The Morgan fingerprint density at radius 2 is 1.42 bits per heavy atom. The molecule has 3 aromatic rings. The molecule has 33 heavy (non-hydrogen) atoms. The van der Waals surface area contributed by atoms with E-state index in [1.807, 2.05) is 0 Å². The van der Waals surface area contributed by atoms with Crippen LogP contribution in [0.15, 0.2) is 42.6 Å². The fourth-order valence-electron chi connectivity index (χ4n) is 3.09. The lowest BCUT2D eigenvalue weighted by Gasteiger charge is -2.13. The van der Waals surface area contributed by atoms with Crippen LogP contribution < -0.4 is 10.6 Å². The Morgan fingerprint density at radius 3 is 1.97 bits per heavy atom. The van der Waals surface area contributed by atoms with Crippen LogP contribution in [-0.2, 0) is 6.18 Å². The van der Waals surface area contributed by atoms with E-state index < -0.39 is 43.6 Å². The first-order valence-electron chi connectivity index (χ1n) is 9.04. The molecule has 0 radical (unpaired) electrons. The van der Waals surface area contributed by atoms with Gasteiger partial charge in [-0.3, -0.25) is 35.3 Å². The van der Waals surface area contributed by atoms with E-state index in [9.17, 15) is 43.5 Å². The predicted octanol–water partition coefficient (Wildman–Crippen LogP) is 4.50. The smallest absolute Gasteiger partial charge is 0.382 e. The summed E-state index contributed by atoms with van der Waals surface area (Å²) in [6, 6.07) is 6.11. The molecule has 2 aromatic carbocycles. The van der Waals surface area contributed by atoms with Crippen molar-refractivity contribution in [1.82, 2.24) is 4.98 Å². The van der Waals surface area contributed by atoms with Crippen molar-refractivity contribution in [2.24, 2.45) is 0 Å². The van der Waals surface area contributed by atoms with E-state index in [0.29, 0.717) is 5.69 Å². The van der Waals surface area contributed by atoms with Gasteiger partial charge in [-0.1, -0.05) is 0 Å². The van der Waals surface area contributed by atoms with Gasteiger partial charge in [0.05, 0.1) is 31.4 Å². The van der Waals surface area contributed by atoms with Gasteiger partial charge in [0.15, 0.2) is 5.69 Å². The molecule has 0 amide bonds. The zero-order chi connectivity index (χ0) is 24.3. The van der Waals surface area contributed by atoms with Crippen molar-refractivity contribution in [3.63, 3.8) is 0 Å². The highest BCUT2D eigenvalue weighted by Gasteiger charge is 2.37. The van der Waals surface area contributed by atoms with Crippen LogP contribution in [0.25, 0.3) is 10.9 Å². The molecule has 0 aliphatic heterocycles. The van der Waals surface area contributed by atoms with Gasteiger partial charge in [0.25, 0.3) is 17.1 Å². The van der Waals surface area contributed by atoms with Gasteiger partial charge in [-0.05, 0) is 18.2 Å². The second-order valence-electron chi connectivity index (χ2n) is 6.54. The molecule has 0 bridgehead atoms. The van der Waals surface area contributed by atoms with E-state index in [1.54, 1.807) is 0 Å². The molecule has 2 N–H and O–H groups in total. The van der Waals surface area contributed by atoms with Crippen LogP contribution in [0.2, 0.25) is 0 Å². The number of halogens is 3. The van der Waals surface area contributed by atoms with Gasteiger partial charge in [0.2, 0.25) is 0 Å². The second-order valence-corrected chi connectivity index (χ2v) is 6.54. The second kappa shape index (κ2) is 8.89. The largest absolute Gasteiger partial charge is 0.416 e. The van der Waals surface area contributed by atoms with Crippen molar-refractivity contribution >= 4 is 39.3 Å². The van der Waals surface area contributed by atoms with Crippen LogP contribution in [0.4, 0.5) is 41.6 Å². The van der Waals surface area contributed by atoms with Crippen LogP contribution in [0.3, 0.4) is 0 Å². The van der Waals surface area contributed by atoms with Crippen LogP contribution in [0.5, 0.6) is 0 Å². The Kier molecular flexibility index (Phi) is 6.23. The molecule has 172 valence electrons. The minimum atomic E-state index is -5.01. The molecular weight excluding hydrogens is 453 g/mol. The summed E-state index contributed by atoms with van der Waals surface area (Å²) in [5.74, 6) is 0. The molecule has 12 nitrogen and oxygen atoms in total. The zero-order valence-corrected chi connectivity index (χ0v) is 16.3. The van der Waals surface area contributed by atoms with Crippen LogP contribution in [0.1, 0.15) is 5.56 Å². The molecule has 0 unspecified atom stereocenters. The van der Waals surface area contributed by atoms with Gasteiger partial charge < -0.3 is 10.6 Å². The summed E-state index contributed by atoms with van der Waals surface area (Å²) in [7, 11) is 0. The Balaban J connectivity index is 1.84. The summed E-state index contributed by atoms with van der Waals surface area (Å²) < 4.78 is 38.9. The van der Waals surface area contributed by atoms with Crippen LogP contribution in [-0.4, -0.2) is 32.8 Å². The maximum absolute atomic E-state index is 13.0. The number of nitro benzene ring substituents is 3. The normalized spacial score (nSPS) is 11.2. The minimum Gasteiger partial charge on any atom is -0.382 e. The highest BCUT2D eigenvalue weighted by Crippen LogP contribution is 2.41. The molecule has 0 saturated carbocycles. The Bertz CT molecular complexity index is 1230. The Morgan fingerprint density at radius 1 is 0.848 bits per heavy atom. The van der Waals surface area contributed by atoms with Gasteiger partial charge in [-0.15, -0.1) is 0 Å². The monoisotopic (exact) mass is 466 g/mol. The molecular formula is C18H13F3N6O6. The molecule has 0 atom stereocenters. The average Bonchev–Trinajstić information content (AvgIpc) is 2.75. The number of alkyl halides is 3. The lowest BCUT2D eigenvalue weighted by molar-refractivity contribution is -0.392. The van der Waals surface area contributed by atoms with E-state index in [1.165, 1.54) is 30.5 Å². The first-order chi connectivity index (χ1) is 15.5. The number of hydrogen-bond donors (Lipinski definition) is 2. The average molecular weight is 466 g/mol. The number of aromatic nitrogens is 1. The Hall–Kier alpha value is -4.56. The minimum absolute atomic E-state index is 0.00117. The van der Waals surface area contributed by atoms with Crippen molar-refractivity contribution in [1.29, 1.82) is 0 Å². The van der Waals surface area contributed by atoms with E-state index in [4.69, 9.17) is 0 Å². The number of hydrogen-bond acceptors (Lipinski definition) is 9. The SMILES string of the molecule is O=[N+]([O-])c1cc(C(F)(F)F)cc([N+](=O)[O-])c1NCCNc1ccc([N+](=O)[O-])c2cccnc12. The number of nitro groups is 3. The Labute approximate surface area is 181 Å². The number of anilines is 2. The third kappa shape index (κ3) is 4.86. The molecule has 3 rings (SSSR count). The number of nitrogens with zero attached hydrogens (tertiary/aromatic N) is 4. The summed E-state index contributed by atoms with van der Waals surface area (Å²) in [5.41, 5.74) is -3.90. The van der Waals surface area contributed by atoms with E-state index in [-0.39, 0.29) is 41.8 Å². The fraction of sp³-hybridized carbons (Fsp3) is 0.167. The molecule has 0 fully saturated rings. The van der Waals surface area contributed by atoms with E-state index in [2.05, 4.69) is 15.6 Å². The van der Waals surface area contributed by atoms with Crippen LogP contribution in [0, 0.1) is 30.3 Å². The number of pyridine rings is 1. The summed E-state index contributed by atoms with van der Waals surface area (Å²) in [4.78, 5) is 34.9. The van der Waals surface area contributed by atoms with Crippen molar-refractivity contribution in [2.45, 2.75) is 6.18 Å². The lowest BCUT2D eigenvalue weighted by atomic mass is 10.1. The van der Waals surface area contributed by atoms with Gasteiger partial charge in [0.1, 0.15) is 5.52 Å². The quantitative estimate of drug-likeness (QED) is 0.276. The first kappa shape index (κ1) is 23.1. The standard InChI is InChI=1S/C18H13F3N6O6/c19-18(20,21)10-8-14(26(30)31)17(15(9-10)27(32)33)24-7-6-22-12-3-4-13(25(28)29)11-2-1-5-23-16(11)12/h1-5,8-9,22,24H,6-7H2.